The first-order valence-corrected chi connectivity index (χ1v) is 9.95. The third kappa shape index (κ3) is 4.40. The summed E-state index contributed by atoms with van der Waals surface area (Å²) < 4.78 is 27.2. The highest BCUT2D eigenvalue weighted by molar-refractivity contribution is 7.98. The van der Waals surface area contributed by atoms with E-state index >= 15 is 0 Å². The Hall–Kier alpha value is -2.24. The summed E-state index contributed by atoms with van der Waals surface area (Å²) in [6, 6.07) is 26.0. The molecule has 0 spiro atoms. The predicted octanol–water partition coefficient (Wildman–Crippen LogP) is 4.78. The number of anilines is 1. The lowest BCUT2D eigenvalue weighted by Crippen LogP contribution is -2.12. The maximum atomic E-state index is 12.3. The summed E-state index contributed by atoms with van der Waals surface area (Å²) in [5, 5.41) is 0. The molecule has 0 aliphatic heterocycles. The minimum absolute atomic E-state index is 0.258. The van der Waals surface area contributed by atoms with Crippen molar-refractivity contribution in [2.45, 2.75) is 15.5 Å². The molecule has 0 saturated heterocycles. The molecule has 24 heavy (non-hydrogen) atoms. The van der Waals surface area contributed by atoms with Crippen LogP contribution in [-0.2, 0) is 15.8 Å². The Morgan fingerprint density at radius 1 is 0.750 bits per heavy atom. The van der Waals surface area contributed by atoms with Crippen LogP contribution < -0.4 is 4.72 Å². The molecule has 0 heterocycles. The molecule has 0 radical (unpaired) electrons. The van der Waals surface area contributed by atoms with E-state index in [1.165, 1.54) is 4.90 Å². The van der Waals surface area contributed by atoms with E-state index in [1.54, 1.807) is 54.2 Å². The van der Waals surface area contributed by atoms with Crippen LogP contribution in [0.5, 0.6) is 0 Å². The lowest BCUT2D eigenvalue weighted by atomic mass is 10.2. The zero-order chi connectivity index (χ0) is 16.8. The van der Waals surface area contributed by atoms with Crippen LogP contribution in [0.3, 0.4) is 0 Å². The van der Waals surface area contributed by atoms with E-state index in [4.69, 9.17) is 0 Å². The van der Waals surface area contributed by atoms with Crippen LogP contribution in [0, 0.1) is 0 Å². The summed E-state index contributed by atoms with van der Waals surface area (Å²) in [4.78, 5) is 1.47. The molecule has 122 valence electrons. The lowest BCUT2D eigenvalue weighted by molar-refractivity contribution is 0.601. The van der Waals surface area contributed by atoms with Gasteiger partial charge in [0.2, 0.25) is 0 Å². The van der Waals surface area contributed by atoms with E-state index in [9.17, 15) is 8.42 Å². The van der Waals surface area contributed by atoms with Gasteiger partial charge in [-0.15, -0.1) is 11.8 Å². The van der Waals surface area contributed by atoms with Crippen LogP contribution in [0.2, 0.25) is 0 Å². The molecule has 5 heteroatoms. The summed E-state index contributed by atoms with van der Waals surface area (Å²) in [6.07, 6.45) is 0. The van der Waals surface area contributed by atoms with Gasteiger partial charge in [-0.2, -0.15) is 0 Å². The van der Waals surface area contributed by atoms with Crippen molar-refractivity contribution in [3.63, 3.8) is 0 Å². The van der Waals surface area contributed by atoms with E-state index in [1.807, 2.05) is 30.3 Å². The largest absolute Gasteiger partial charge is 0.280 e. The van der Waals surface area contributed by atoms with Gasteiger partial charge in [-0.1, -0.05) is 48.5 Å². The number of rotatable bonds is 6. The van der Waals surface area contributed by atoms with E-state index in [0.717, 1.165) is 11.3 Å². The number of hydrogen-bond donors (Lipinski definition) is 1. The molecule has 0 amide bonds. The van der Waals surface area contributed by atoms with Crippen LogP contribution in [0.25, 0.3) is 0 Å². The smallest absolute Gasteiger partial charge is 0.261 e. The average Bonchev–Trinajstić information content (AvgIpc) is 2.62. The molecule has 0 aliphatic rings. The van der Waals surface area contributed by atoms with Gasteiger partial charge in [-0.05, 0) is 42.0 Å². The Bertz CT molecular complexity index is 878. The topological polar surface area (TPSA) is 46.2 Å². The minimum atomic E-state index is -3.54. The SMILES string of the molecule is O=S(=O)(Nc1ccc(CSc2ccccc2)cc1)c1ccccc1. The first kappa shape index (κ1) is 16.6. The second kappa shape index (κ2) is 7.55. The molecule has 1 N–H and O–H groups in total. The van der Waals surface area contributed by atoms with E-state index in [-0.39, 0.29) is 4.90 Å². The number of nitrogens with one attached hydrogen (secondary N) is 1. The van der Waals surface area contributed by atoms with Crippen LogP contribution in [0.4, 0.5) is 5.69 Å². The fourth-order valence-corrected chi connectivity index (χ4v) is 4.12. The van der Waals surface area contributed by atoms with Crippen molar-refractivity contribution in [3.05, 3.63) is 90.5 Å². The highest BCUT2D eigenvalue weighted by Gasteiger charge is 2.13. The second-order valence-corrected chi connectivity index (χ2v) is 7.95. The fourth-order valence-electron chi connectivity index (χ4n) is 2.17. The van der Waals surface area contributed by atoms with Gasteiger partial charge in [-0.3, -0.25) is 4.72 Å². The molecule has 3 nitrogen and oxygen atoms in total. The van der Waals surface area contributed by atoms with Crippen molar-refractivity contribution >= 4 is 27.5 Å². The molecule has 0 aromatic heterocycles. The molecule has 0 unspecified atom stereocenters. The third-order valence-electron chi connectivity index (χ3n) is 3.41. The van der Waals surface area contributed by atoms with Gasteiger partial charge in [0, 0.05) is 16.3 Å². The highest BCUT2D eigenvalue weighted by Crippen LogP contribution is 2.23. The summed E-state index contributed by atoms with van der Waals surface area (Å²) in [5.74, 6) is 0.843. The Kier molecular flexibility index (Phi) is 5.23. The van der Waals surface area contributed by atoms with Gasteiger partial charge in [-0.25, -0.2) is 8.42 Å². The zero-order valence-electron chi connectivity index (χ0n) is 12.9. The fraction of sp³-hybridized carbons (Fsp3) is 0.0526. The molecular weight excluding hydrogens is 338 g/mol. The molecule has 0 atom stereocenters. The van der Waals surface area contributed by atoms with Gasteiger partial charge < -0.3 is 0 Å². The number of sulfonamides is 1. The molecule has 0 saturated carbocycles. The Balaban J connectivity index is 1.64. The number of thioether (sulfide) groups is 1. The maximum Gasteiger partial charge on any atom is 0.261 e. The Morgan fingerprint density at radius 3 is 1.96 bits per heavy atom. The van der Waals surface area contributed by atoms with E-state index in [0.29, 0.717) is 5.69 Å². The van der Waals surface area contributed by atoms with Gasteiger partial charge >= 0.3 is 0 Å². The van der Waals surface area contributed by atoms with Gasteiger partial charge in [0.25, 0.3) is 10.0 Å². The Morgan fingerprint density at radius 2 is 1.33 bits per heavy atom. The average molecular weight is 355 g/mol. The van der Waals surface area contributed by atoms with Crippen molar-refractivity contribution in [1.29, 1.82) is 0 Å². The quantitative estimate of drug-likeness (QED) is 0.647. The standard InChI is InChI=1S/C19H17NO2S2/c21-24(22,19-9-5-2-6-10-19)20-17-13-11-16(12-14-17)15-23-18-7-3-1-4-8-18/h1-14,20H,15H2. The maximum absolute atomic E-state index is 12.3. The number of benzene rings is 3. The van der Waals surface area contributed by atoms with Crippen LogP contribution >= 0.6 is 11.8 Å². The van der Waals surface area contributed by atoms with Crippen LogP contribution in [-0.4, -0.2) is 8.42 Å². The minimum Gasteiger partial charge on any atom is -0.280 e. The first-order chi connectivity index (χ1) is 11.6. The normalized spacial score (nSPS) is 11.2. The third-order valence-corrected chi connectivity index (χ3v) is 5.89. The summed E-state index contributed by atoms with van der Waals surface area (Å²) in [7, 11) is -3.54. The molecule has 0 fully saturated rings. The van der Waals surface area contributed by atoms with E-state index < -0.39 is 10.0 Å². The Labute approximate surface area is 146 Å². The van der Waals surface area contributed by atoms with Crippen LogP contribution in [0.1, 0.15) is 5.56 Å². The molecule has 3 rings (SSSR count). The van der Waals surface area contributed by atoms with Gasteiger partial charge in [0.05, 0.1) is 4.90 Å². The van der Waals surface area contributed by atoms with Gasteiger partial charge in [0.15, 0.2) is 0 Å². The van der Waals surface area contributed by atoms with Crippen LogP contribution in [0.15, 0.2) is 94.7 Å². The predicted molar refractivity (Wildman–Crippen MR) is 99.7 cm³/mol. The molecule has 0 aliphatic carbocycles. The molecule has 3 aromatic carbocycles. The van der Waals surface area contributed by atoms with Crippen molar-refractivity contribution in [2.24, 2.45) is 0 Å². The van der Waals surface area contributed by atoms with Crippen molar-refractivity contribution < 1.29 is 8.42 Å². The molecular formula is C19H17NO2S2. The summed E-state index contributed by atoms with van der Waals surface area (Å²) >= 11 is 1.75. The first-order valence-electron chi connectivity index (χ1n) is 7.48. The monoisotopic (exact) mass is 355 g/mol. The molecule has 0 bridgehead atoms. The number of hydrogen-bond acceptors (Lipinski definition) is 3. The summed E-state index contributed by atoms with van der Waals surface area (Å²) in [5.41, 5.74) is 1.71. The second-order valence-electron chi connectivity index (χ2n) is 5.22. The zero-order valence-corrected chi connectivity index (χ0v) is 14.6. The highest BCUT2D eigenvalue weighted by atomic mass is 32.2. The lowest BCUT2D eigenvalue weighted by Gasteiger charge is -2.09. The van der Waals surface area contributed by atoms with E-state index in [2.05, 4.69) is 16.9 Å². The van der Waals surface area contributed by atoms with Crippen molar-refractivity contribution in [3.8, 4) is 0 Å². The molecule has 3 aromatic rings. The summed E-state index contributed by atoms with van der Waals surface area (Å²) in [6.45, 7) is 0. The van der Waals surface area contributed by atoms with Gasteiger partial charge in [0.1, 0.15) is 0 Å². The van der Waals surface area contributed by atoms with Crippen molar-refractivity contribution in [2.75, 3.05) is 4.72 Å². The van der Waals surface area contributed by atoms with Crippen molar-refractivity contribution in [1.82, 2.24) is 0 Å².